The van der Waals surface area contributed by atoms with Gasteiger partial charge in [0.1, 0.15) is 22.9 Å². The molecule has 0 saturated heterocycles. The average Bonchev–Trinajstić information content (AvgIpc) is 2.78. The van der Waals surface area contributed by atoms with Gasteiger partial charge in [0, 0.05) is 29.6 Å². The number of fused-ring (bicyclic) bond motifs is 1. The fraction of sp³-hybridized carbons (Fsp3) is 0.0417. The van der Waals surface area contributed by atoms with E-state index in [2.05, 4.69) is 10.3 Å². The monoisotopic (exact) mass is 413 g/mol. The zero-order valence-electron chi connectivity index (χ0n) is 16.7. The first kappa shape index (κ1) is 19.9. The van der Waals surface area contributed by atoms with Crippen LogP contribution in [0.3, 0.4) is 0 Å². The van der Waals surface area contributed by atoms with Crippen molar-refractivity contribution in [1.82, 2.24) is 4.98 Å². The van der Waals surface area contributed by atoms with E-state index in [9.17, 15) is 9.59 Å². The summed E-state index contributed by atoms with van der Waals surface area (Å²) in [5.74, 6) is 0.797. The number of pyridine rings is 1. The van der Waals surface area contributed by atoms with Crippen molar-refractivity contribution in [2.75, 3.05) is 12.4 Å². The summed E-state index contributed by atoms with van der Waals surface area (Å²) in [6.45, 7) is 0. The number of nitrogens with one attached hydrogen (secondary N) is 1. The summed E-state index contributed by atoms with van der Waals surface area (Å²) in [6.07, 6.45) is 1.46. The van der Waals surface area contributed by atoms with Gasteiger partial charge in [-0.05, 0) is 53.2 Å². The van der Waals surface area contributed by atoms with Gasteiger partial charge in [0.15, 0.2) is 0 Å². The fourth-order valence-corrected chi connectivity index (χ4v) is 3.17. The summed E-state index contributed by atoms with van der Waals surface area (Å²) in [5.41, 5.74) is 6.56. The number of aromatic nitrogens is 1. The molecular formula is C24H19N3O4. The third-order valence-corrected chi connectivity index (χ3v) is 4.64. The van der Waals surface area contributed by atoms with Crippen LogP contribution >= 0.6 is 0 Å². The van der Waals surface area contributed by atoms with Crippen molar-refractivity contribution >= 4 is 28.3 Å². The molecule has 3 aromatic carbocycles. The van der Waals surface area contributed by atoms with E-state index in [-0.39, 0.29) is 11.6 Å². The lowest BCUT2D eigenvalue weighted by Gasteiger charge is -2.11. The number of anilines is 1. The lowest BCUT2D eigenvalue weighted by atomic mass is 10.0. The number of carbonyl (C=O) groups is 2. The van der Waals surface area contributed by atoms with Crippen molar-refractivity contribution in [3.63, 3.8) is 0 Å². The molecule has 1 heterocycles. The Hall–Kier alpha value is -4.39. The molecule has 4 rings (SSSR count). The van der Waals surface area contributed by atoms with Crippen LogP contribution < -0.4 is 20.5 Å². The molecule has 7 nitrogen and oxygen atoms in total. The van der Waals surface area contributed by atoms with Gasteiger partial charge in [-0.15, -0.1) is 0 Å². The number of benzene rings is 3. The summed E-state index contributed by atoms with van der Waals surface area (Å²) in [6, 6.07) is 21.2. The van der Waals surface area contributed by atoms with Gasteiger partial charge in [-0.3, -0.25) is 14.6 Å². The van der Waals surface area contributed by atoms with E-state index in [0.29, 0.717) is 28.5 Å². The molecule has 0 unspecified atom stereocenters. The normalized spacial score (nSPS) is 10.5. The number of primary amides is 1. The molecule has 0 saturated carbocycles. The number of hydrogen-bond donors (Lipinski definition) is 2. The number of rotatable bonds is 6. The van der Waals surface area contributed by atoms with E-state index in [4.69, 9.17) is 15.2 Å². The Morgan fingerprint density at radius 3 is 2.52 bits per heavy atom. The first-order chi connectivity index (χ1) is 15.0. The third kappa shape index (κ3) is 4.45. The molecule has 2 amide bonds. The van der Waals surface area contributed by atoms with Gasteiger partial charge in [0.05, 0.1) is 7.11 Å². The lowest BCUT2D eigenvalue weighted by Crippen LogP contribution is -2.12. The Balaban J connectivity index is 1.60. The van der Waals surface area contributed by atoms with Gasteiger partial charge < -0.3 is 20.5 Å². The van der Waals surface area contributed by atoms with Crippen molar-refractivity contribution in [1.29, 1.82) is 0 Å². The van der Waals surface area contributed by atoms with Crippen LogP contribution in [0.1, 0.15) is 20.8 Å². The standard InChI is InChI=1S/C24H19N3O4/c1-30-17-6-3-5-16(13-17)27-24(29)21-7-2-4-15-12-18(8-9-20(15)21)31-19-10-11-26-22(14-19)23(25)28/h2-14H,1H3,(H2,25,28)(H,27,29). The molecule has 0 bridgehead atoms. The van der Waals surface area contributed by atoms with E-state index in [1.165, 1.54) is 12.3 Å². The van der Waals surface area contributed by atoms with Crippen LogP contribution in [-0.4, -0.2) is 23.9 Å². The predicted molar refractivity (Wildman–Crippen MR) is 118 cm³/mol. The minimum absolute atomic E-state index is 0.120. The number of amides is 2. The van der Waals surface area contributed by atoms with Crippen molar-refractivity contribution in [2.24, 2.45) is 5.73 Å². The molecule has 0 atom stereocenters. The number of methoxy groups -OCH3 is 1. The summed E-state index contributed by atoms with van der Waals surface area (Å²) in [5, 5.41) is 4.51. The minimum atomic E-state index is -0.629. The molecule has 0 aliphatic heterocycles. The number of nitrogens with zero attached hydrogens (tertiary/aromatic N) is 1. The number of carbonyl (C=O) groups excluding carboxylic acids is 2. The molecule has 7 heteroatoms. The SMILES string of the molecule is COc1cccc(NC(=O)c2cccc3cc(Oc4ccnc(C(N)=O)c4)ccc23)c1. The highest BCUT2D eigenvalue weighted by Crippen LogP contribution is 2.28. The van der Waals surface area contributed by atoms with E-state index < -0.39 is 5.91 Å². The van der Waals surface area contributed by atoms with E-state index in [1.807, 2.05) is 36.4 Å². The number of hydrogen-bond acceptors (Lipinski definition) is 5. The maximum Gasteiger partial charge on any atom is 0.267 e. The van der Waals surface area contributed by atoms with Crippen molar-refractivity contribution < 1.29 is 19.1 Å². The third-order valence-electron chi connectivity index (χ3n) is 4.64. The topological polar surface area (TPSA) is 104 Å². The fourth-order valence-electron chi connectivity index (χ4n) is 3.17. The molecule has 31 heavy (non-hydrogen) atoms. The maximum atomic E-state index is 12.9. The van der Waals surface area contributed by atoms with Crippen LogP contribution in [0.15, 0.2) is 79.0 Å². The summed E-state index contributed by atoms with van der Waals surface area (Å²) in [7, 11) is 1.58. The largest absolute Gasteiger partial charge is 0.497 e. The molecule has 154 valence electrons. The molecule has 4 aromatic rings. The molecule has 3 N–H and O–H groups in total. The Morgan fingerprint density at radius 1 is 0.903 bits per heavy atom. The molecule has 0 fully saturated rings. The molecule has 0 aliphatic rings. The number of nitrogens with two attached hydrogens (primary N) is 1. The first-order valence-electron chi connectivity index (χ1n) is 9.45. The highest BCUT2D eigenvalue weighted by atomic mass is 16.5. The smallest absolute Gasteiger partial charge is 0.267 e. The molecule has 0 spiro atoms. The van der Waals surface area contributed by atoms with Crippen LogP contribution in [0.5, 0.6) is 17.2 Å². The van der Waals surface area contributed by atoms with Crippen LogP contribution in [0.4, 0.5) is 5.69 Å². The minimum Gasteiger partial charge on any atom is -0.497 e. The lowest BCUT2D eigenvalue weighted by molar-refractivity contribution is 0.0993. The Bertz CT molecular complexity index is 1290. The van der Waals surface area contributed by atoms with Crippen LogP contribution in [0.2, 0.25) is 0 Å². The van der Waals surface area contributed by atoms with Crippen molar-refractivity contribution in [3.05, 3.63) is 90.3 Å². The van der Waals surface area contributed by atoms with Crippen molar-refractivity contribution in [2.45, 2.75) is 0 Å². The van der Waals surface area contributed by atoms with Crippen molar-refractivity contribution in [3.8, 4) is 17.2 Å². The molecular weight excluding hydrogens is 394 g/mol. The highest BCUT2D eigenvalue weighted by Gasteiger charge is 2.12. The Morgan fingerprint density at radius 2 is 1.71 bits per heavy atom. The summed E-state index contributed by atoms with van der Waals surface area (Å²) < 4.78 is 11.0. The van der Waals surface area contributed by atoms with Crippen LogP contribution in [0.25, 0.3) is 10.8 Å². The van der Waals surface area contributed by atoms with Gasteiger partial charge in [-0.25, -0.2) is 0 Å². The van der Waals surface area contributed by atoms with Crippen LogP contribution in [0, 0.1) is 0 Å². The van der Waals surface area contributed by atoms with E-state index in [1.54, 1.807) is 37.4 Å². The van der Waals surface area contributed by atoms with Gasteiger partial charge in [-0.2, -0.15) is 0 Å². The van der Waals surface area contributed by atoms with Gasteiger partial charge in [0.25, 0.3) is 11.8 Å². The Labute approximate surface area is 178 Å². The highest BCUT2D eigenvalue weighted by molar-refractivity contribution is 6.13. The Kier molecular flexibility index (Phi) is 5.49. The second-order valence-electron chi connectivity index (χ2n) is 6.72. The summed E-state index contributed by atoms with van der Waals surface area (Å²) >= 11 is 0. The molecule has 0 radical (unpaired) electrons. The van der Waals surface area contributed by atoms with Gasteiger partial charge >= 0.3 is 0 Å². The van der Waals surface area contributed by atoms with E-state index >= 15 is 0 Å². The predicted octanol–water partition coefficient (Wildman–Crippen LogP) is 4.39. The maximum absolute atomic E-state index is 12.9. The molecule has 0 aliphatic carbocycles. The molecule has 1 aromatic heterocycles. The second kappa shape index (κ2) is 8.54. The first-order valence-corrected chi connectivity index (χ1v) is 9.45. The average molecular weight is 413 g/mol. The van der Waals surface area contributed by atoms with E-state index in [0.717, 1.165) is 10.8 Å². The number of ether oxygens (including phenoxy) is 2. The van der Waals surface area contributed by atoms with Crippen LogP contribution in [-0.2, 0) is 0 Å². The zero-order valence-corrected chi connectivity index (χ0v) is 16.7. The second-order valence-corrected chi connectivity index (χ2v) is 6.72. The van der Waals surface area contributed by atoms with Gasteiger partial charge in [-0.1, -0.05) is 18.2 Å². The quantitative estimate of drug-likeness (QED) is 0.488. The zero-order chi connectivity index (χ0) is 21.8. The summed E-state index contributed by atoms with van der Waals surface area (Å²) in [4.78, 5) is 28.1. The van der Waals surface area contributed by atoms with Gasteiger partial charge in [0.2, 0.25) is 0 Å².